The van der Waals surface area contributed by atoms with Gasteiger partial charge in [0.25, 0.3) is 5.91 Å². The second-order valence-corrected chi connectivity index (χ2v) is 8.95. The van der Waals surface area contributed by atoms with E-state index in [4.69, 9.17) is 4.98 Å². The number of anilines is 1. The van der Waals surface area contributed by atoms with Gasteiger partial charge in [-0.1, -0.05) is 54.6 Å². The Morgan fingerprint density at radius 3 is 2.50 bits per heavy atom. The number of H-pyrrole nitrogens is 1. The molecule has 0 radical (unpaired) electrons. The molecule has 6 nitrogen and oxygen atoms in total. The highest BCUT2D eigenvalue weighted by molar-refractivity contribution is 6.13. The number of aromatic nitrogens is 2. The van der Waals surface area contributed by atoms with Crippen molar-refractivity contribution in [3.63, 3.8) is 0 Å². The van der Waals surface area contributed by atoms with E-state index in [-0.39, 0.29) is 17.6 Å². The Bertz CT molecular complexity index is 1310. The number of fused-ring (bicyclic) bond motifs is 1. The Balaban J connectivity index is 1.50. The molecule has 3 heterocycles. The molecule has 5 rings (SSSR count). The fourth-order valence-electron chi connectivity index (χ4n) is 4.61. The summed E-state index contributed by atoms with van der Waals surface area (Å²) in [4.78, 5) is 38.8. The van der Waals surface area contributed by atoms with Gasteiger partial charge in [-0.25, -0.2) is 4.98 Å². The van der Waals surface area contributed by atoms with Crippen LogP contribution in [0.4, 0.5) is 5.82 Å². The minimum atomic E-state index is -0.155. The molecule has 1 amide bonds. The Kier molecular flexibility index (Phi) is 6.23. The number of para-hydroxylation sites is 1. The minimum absolute atomic E-state index is 0.0224. The van der Waals surface area contributed by atoms with E-state index in [1.165, 1.54) is 0 Å². The van der Waals surface area contributed by atoms with Crippen molar-refractivity contribution in [2.24, 2.45) is 5.92 Å². The summed E-state index contributed by atoms with van der Waals surface area (Å²) in [5, 5.41) is 0.865. The van der Waals surface area contributed by atoms with Gasteiger partial charge in [0.2, 0.25) is 0 Å². The molecular formula is C28H28N4O2. The van der Waals surface area contributed by atoms with Gasteiger partial charge >= 0.3 is 0 Å². The smallest absolute Gasteiger partial charge is 0.261 e. The lowest BCUT2D eigenvalue weighted by molar-refractivity contribution is 0.0850. The summed E-state index contributed by atoms with van der Waals surface area (Å²) in [6.45, 7) is 2.18. The van der Waals surface area contributed by atoms with E-state index in [2.05, 4.69) is 16.9 Å². The first-order chi connectivity index (χ1) is 16.6. The fourth-order valence-corrected chi connectivity index (χ4v) is 4.61. The summed E-state index contributed by atoms with van der Waals surface area (Å²) >= 11 is 0. The molecule has 0 unspecified atom stereocenters. The van der Waals surface area contributed by atoms with Gasteiger partial charge in [0.1, 0.15) is 11.5 Å². The van der Waals surface area contributed by atoms with E-state index in [1.807, 2.05) is 60.7 Å². The predicted molar refractivity (Wildman–Crippen MR) is 134 cm³/mol. The van der Waals surface area contributed by atoms with E-state index in [0.717, 1.165) is 42.4 Å². The number of nitrogens with zero attached hydrogens (tertiary/aromatic N) is 3. The first kappa shape index (κ1) is 22.0. The van der Waals surface area contributed by atoms with Crippen LogP contribution in [0.25, 0.3) is 10.9 Å². The normalized spacial score (nSPS) is 14.9. The van der Waals surface area contributed by atoms with Crippen molar-refractivity contribution in [3.8, 4) is 0 Å². The summed E-state index contributed by atoms with van der Waals surface area (Å²) in [6.07, 6.45) is 3.42. The SMILES string of the molecule is CN1CCC(C(=O)c2cccc(N(Cc3ccccc3)C(=O)c3c[nH]c4ccccc34)n2)CC1. The first-order valence-corrected chi connectivity index (χ1v) is 11.7. The van der Waals surface area contributed by atoms with Gasteiger partial charge < -0.3 is 9.88 Å². The van der Waals surface area contributed by atoms with Gasteiger partial charge in [0, 0.05) is 23.0 Å². The highest BCUT2D eigenvalue weighted by Gasteiger charge is 2.27. The third kappa shape index (κ3) is 4.50. The zero-order valence-electron chi connectivity index (χ0n) is 19.3. The van der Waals surface area contributed by atoms with Crippen LogP contribution in [0.5, 0.6) is 0 Å². The Morgan fingerprint density at radius 1 is 0.971 bits per heavy atom. The zero-order valence-corrected chi connectivity index (χ0v) is 19.3. The first-order valence-electron chi connectivity index (χ1n) is 11.7. The molecule has 1 fully saturated rings. The maximum atomic E-state index is 13.8. The van der Waals surface area contributed by atoms with Gasteiger partial charge in [0.15, 0.2) is 5.78 Å². The molecule has 1 saturated heterocycles. The number of hydrogen-bond donors (Lipinski definition) is 1. The number of likely N-dealkylation sites (tertiary alicyclic amines) is 1. The third-order valence-corrected chi connectivity index (χ3v) is 6.60. The molecule has 4 aromatic rings. The second-order valence-electron chi connectivity index (χ2n) is 8.95. The van der Waals surface area contributed by atoms with Crippen molar-refractivity contribution in [1.29, 1.82) is 0 Å². The molecular weight excluding hydrogens is 424 g/mol. The van der Waals surface area contributed by atoms with Crippen LogP contribution in [-0.4, -0.2) is 46.7 Å². The summed E-state index contributed by atoms with van der Waals surface area (Å²) in [5.41, 5.74) is 2.91. The van der Waals surface area contributed by atoms with Crippen LogP contribution in [-0.2, 0) is 6.54 Å². The Hall–Kier alpha value is -3.77. The van der Waals surface area contributed by atoms with Gasteiger partial charge in [-0.2, -0.15) is 0 Å². The molecule has 0 spiro atoms. The van der Waals surface area contributed by atoms with Crippen molar-refractivity contribution in [2.75, 3.05) is 25.0 Å². The Morgan fingerprint density at radius 2 is 1.71 bits per heavy atom. The minimum Gasteiger partial charge on any atom is -0.360 e. The summed E-state index contributed by atoms with van der Waals surface area (Å²) in [6, 6.07) is 23.0. The summed E-state index contributed by atoms with van der Waals surface area (Å²) < 4.78 is 0. The van der Waals surface area contributed by atoms with Crippen LogP contribution >= 0.6 is 0 Å². The molecule has 1 N–H and O–H groups in total. The number of amides is 1. The van der Waals surface area contributed by atoms with Crippen LogP contribution in [0.15, 0.2) is 79.0 Å². The number of aromatic amines is 1. The molecule has 1 aliphatic rings. The van der Waals surface area contributed by atoms with Crippen molar-refractivity contribution in [1.82, 2.24) is 14.9 Å². The van der Waals surface area contributed by atoms with Gasteiger partial charge in [-0.3, -0.25) is 14.5 Å². The molecule has 0 aliphatic carbocycles. The predicted octanol–water partition coefficient (Wildman–Crippen LogP) is 4.93. The van der Waals surface area contributed by atoms with Gasteiger partial charge in [-0.15, -0.1) is 0 Å². The highest BCUT2D eigenvalue weighted by Crippen LogP contribution is 2.26. The topological polar surface area (TPSA) is 69.3 Å². The maximum absolute atomic E-state index is 13.8. The van der Waals surface area contributed by atoms with Gasteiger partial charge in [-0.05, 0) is 56.7 Å². The number of pyridine rings is 1. The second kappa shape index (κ2) is 9.61. The van der Waals surface area contributed by atoms with Crippen LogP contribution in [0, 0.1) is 5.92 Å². The molecule has 0 atom stereocenters. The van der Waals surface area contributed by atoms with Crippen LogP contribution in [0.3, 0.4) is 0 Å². The molecule has 6 heteroatoms. The number of nitrogens with one attached hydrogen (secondary N) is 1. The molecule has 2 aromatic heterocycles. The van der Waals surface area contributed by atoms with E-state index in [9.17, 15) is 9.59 Å². The molecule has 0 bridgehead atoms. The monoisotopic (exact) mass is 452 g/mol. The van der Waals surface area contributed by atoms with E-state index in [1.54, 1.807) is 23.2 Å². The van der Waals surface area contributed by atoms with Crippen molar-refractivity contribution >= 4 is 28.4 Å². The van der Waals surface area contributed by atoms with Crippen molar-refractivity contribution in [2.45, 2.75) is 19.4 Å². The van der Waals surface area contributed by atoms with Crippen LogP contribution < -0.4 is 4.90 Å². The third-order valence-electron chi connectivity index (χ3n) is 6.60. The number of ketones is 1. The average Bonchev–Trinajstić information content (AvgIpc) is 3.32. The van der Waals surface area contributed by atoms with E-state index >= 15 is 0 Å². The fraction of sp³-hybridized carbons (Fsp3) is 0.250. The molecule has 0 saturated carbocycles. The zero-order chi connectivity index (χ0) is 23.5. The number of benzene rings is 2. The van der Waals surface area contributed by atoms with E-state index in [0.29, 0.717) is 23.6 Å². The largest absolute Gasteiger partial charge is 0.360 e. The molecule has 34 heavy (non-hydrogen) atoms. The number of piperidine rings is 1. The lowest BCUT2D eigenvalue weighted by Crippen LogP contribution is -2.34. The van der Waals surface area contributed by atoms with Crippen molar-refractivity contribution in [3.05, 3.63) is 95.8 Å². The lowest BCUT2D eigenvalue weighted by atomic mass is 9.91. The van der Waals surface area contributed by atoms with Crippen LogP contribution in [0.1, 0.15) is 39.3 Å². The molecule has 2 aromatic carbocycles. The average molecular weight is 453 g/mol. The highest BCUT2D eigenvalue weighted by atomic mass is 16.2. The lowest BCUT2D eigenvalue weighted by Gasteiger charge is -2.28. The van der Waals surface area contributed by atoms with Crippen LogP contribution in [0.2, 0.25) is 0 Å². The quantitative estimate of drug-likeness (QED) is 0.421. The number of rotatable bonds is 6. The molecule has 1 aliphatic heterocycles. The number of carbonyl (C=O) groups excluding carboxylic acids is 2. The van der Waals surface area contributed by atoms with Crippen molar-refractivity contribution < 1.29 is 9.59 Å². The molecule has 172 valence electrons. The number of hydrogen-bond acceptors (Lipinski definition) is 4. The Labute approximate surface area is 199 Å². The van der Waals surface area contributed by atoms with Gasteiger partial charge in [0.05, 0.1) is 12.1 Å². The maximum Gasteiger partial charge on any atom is 0.261 e. The standard InChI is InChI=1S/C28H28N4O2/c1-31-16-14-21(15-17-31)27(33)25-12-7-13-26(30-25)32(19-20-8-3-2-4-9-20)28(34)23-18-29-24-11-6-5-10-22(23)24/h2-13,18,21,29H,14-17,19H2,1H3. The number of Topliss-reactive ketones (excluding diaryl/α,β-unsaturated/α-hetero) is 1. The van der Waals surface area contributed by atoms with E-state index < -0.39 is 0 Å². The summed E-state index contributed by atoms with van der Waals surface area (Å²) in [7, 11) is 2.08. The number of carbonyl (C=O) groups is 2. The summed E-state index contributed by atoms with van der Waals surface area (Å²) in [5.74, 6) is 0.371.